The average molecular weight is 475 g/mol. The molecule has 7 N–H and O–H groups in total. The van der Waals surface area contributed by atoms with E-state index in [9.17, 15) is 4.39 Å². The molecule has 0 spiro atoms. The van der Waals surface area contributed by atoms with Gasteiger partial charge in [0.05, 0.1) is 57.7 Å². The maximum atomic E-state index is 14.3. The molecule has 0 saturated carbocycles. The Kier molecular flexibility index (Phi) is 6.45. The predicted octanol–water partition coefficient (Wildman–Crippen LogP) is 4.28. The minimum atomic E-state index is -0.516. The molecule has 8 nitrogen and oxygen atoms in total. The molecular weight excluding hydrogens is 455 g/mol. The Balaban J connectivity index is 1.72. The van der Waals surface area contributed by atoms with Gasteiger partial charge >= 0.3 is 0 Å². The van der Waals surface area contributed by atoms with E-state index in [1.807, 2.05) is 24.3 Å². The Morgan fingerprint density at radius 1 is 1.24 bits per heavy atom. The summed E-state index contributed by atoms with van der Waals surface area (Å²) in [4.78, 5) is 4.50. The molecule has 0 aliphatic rings. The van der Waals surface area contributed by atoms with E-state index in [1.54, 1.807) is 24.4 Å². The van der Waals surface area contributed by atoms with Gasteiger partial charge in [-0.15, -0.1) is 0 Å². The summed E-state index contributed by atoms with van der Waals surface area (Å²) in [5.41, 5.74) is 15.7. The van der Waals surface area contributed by atoms with Crippen molar-refractivity contribution in [3.63, 3.8) is 0 Å². The van der Waals surface area contributed by atoms with Crippen LogP contribution < -0.4 is 22.3 Å². The van der Waals surface area contributed by atoms with Crippen molar-refractivity contribution in [2.45, 2.75) is 6.54 Å². The number of nitrogens with one attached hydrogen (secondary N) is 1. The monoisotopic (exact) mass is 474 g/mol. The number of fused-ring (bicyclic) bond motifs is 1. The van der Waals surface area contributed by atoms with Gasteiger partial charge < -0.3 is 11.5 Å². The van der Waals surface area contributed by atoms with Gasteiger partial charge in [-0.05, 0) is 54.7 Å². The average Bonchev–Trinajstić information content (AvgIpc) is 3.31. The highest BCUT2D eigenvalue weighted by molar-refractivity contribution is 6.34. The topological polar surface area (TPSA) is 146 Å². The minimum absolute atomic E-state index is 0.0252. The molecule has 0 radical (unpaired) electrons. The van der Waals surface area contributed by atoms with E-state index < -0.39 is 5.82 Å². The molecule has 1 heterocycles. The lowest BCUT2D eigenvalue weighted by molar-refractivity contribution is 0.610. The van der Waals surface area contributed by atoms with Crippen LogP contribution in [-0.2, 0) is 6.54 Å². The number of aliphatic imine (C=N–C) groups is 1. The number of nitrogen functional groups attached to an aromatic ring is 1. The zero-order valence-electron chi connectivity index (χ0n) is 17.8. The summed E-state index contributed by atoms with van der Waals surface area (Å²) >= 11 is 6.42. The fourth-order valence-electron chi connectivity index (χ4n) is 3.41. The number of H-pyrrole nitrogens is 1. The number of nitriles is 1. The van der Waals surface area contributed by atoms with Crippen LogP contribution >= 0.6 is 11.6 Å². The van der Waals surface area contributed by atoms with Crippen LogP contribution in [0.25, 0.3) is 10.9 Å². The lowest BCUT2D eigenvalue weighted by Crippen LogP contribution is -2.26. The molecule has 0 fully saturated rings. The molecule has 0 atom stereocenters. The highest BCUT2D eigenvalue weighted by Gasteiger charge is 2.16. The number of halogens is 2. The van der Waals surface area contributed by atoms with Gasteiger partial charge in [0, 0.05) is 16.5 Å². The lowest BCUT2D eigenvalue weighted by Gasteiger charge is -2.22. The van der Waals surface area contributed by atoms with Crippen molar-refractivity contribution < 1.29 is 4.39 Å². The molecule has 0 saturated heterocycles. The van der Waals surface area contributed by atoms with Crippen LogP contribution in [0.4, 0.5) is 21.5 Å². The number of hydrazine groups is 1. The quantitative estimate of drug-likeness (QED) is 0.142. The molecule has 0 amide bonds. The summed E-state index contributed by atoms with van der Waals surface area (Å²) in [5.74, 6) is 5.89. The molecule has 170 valence electrons. The van der Waals surface area contributed by atoms with Crippen LogP contribution in [0.3, 0.4) is 0 Å². The maximum Gasteiger partial charge on any atom is 0.129 e. The molecule has 10 heteroatoms. The first kappa shape index (κ1) is 22.8. The van der Waals surface area contributed by atoms with Gasteiger partial charge in [-0.25, -0.2) is 10.2 Å². The number of anilines is 3. The number of nitrogens with zero attached hydrogens (tertiary/aromatic N) is 4. The van der Waals surface area contributed by atoms with Crippen LogP contribution in [0.5, 0.6) is 0 Å². The number of rotatable bonds is 6. The summed E-state index contributed by atoms with van der Waals surface area (Å²) in [6.45, 7) is 0.0252. The van der Waals surface area contributed by atoms with E-state index in [-0.39, 0.29) is 22.8 Å². The predicted molar refractivity (Wildman–Crippen MR) is 133 cm³/mol. The van der Waals surface area contributed by atoms with E-state index in [0.717, 1.165) is 10.9 Å². The molecule has 3 aromatic carbocycles. The number of allylic oxidation sites excluding steroid dienone is 1. The molecular formula is C24H20ClFN8. The van der Waals surface area contributed by atoms with Crippen LogP contribution in [0, 0.1) is 17.1 Å². The van der Waals surface area contributed by atoms with Gasteiger partial charge in [-0.3, -0.25) is 15.1 Å². The minimum Gasteiger partial charge on any atom is -0.405 e. The molecule has 4 rings (SSSR count). The Hall–Kier alpha value is -4.39. The van der Waals surface area contributed by atoms with Crippen molar-refractivity contribution in [1.82, 2.24) is 10.2 Å². The zero-order valence-corrected chi connectivity index (χ0v) is 18.6. The third-order valence-electron chi connectivity index (χ3n) is 5.22. The zero-order chi connectivity index (χ0) is 24.2. The van der Waals surface area contributed by atoms with Crippen LogP contribution in [0.1, 0.15) is 16.7 Å². The normalized spacial score (nSPS) is 11.8. The first-order chi connectivity index (χ1) is 16.4. The van der Waals surface area contributed by atoms with Crippen molar-refractivity contribution in [1.29, 1.82) is 5.26 Å². The number of nitrogens with two attached hydrogens (primary N) is 3. The van der Waals surface area contributed by atoms with Gasteiger partial charge in [0.1, 0.15) is 5.82 Å². The molecule has 0 aliphatic carbocycles. The van der Waals surface area contributed by atoms with Gasteiger partial charge in [0.15, 0.2) is 0 Å². The van der Waals surface area contributed by atoms with E-state index in [2.05, 4.69) is 15.2 Å². The van der Waals surface area contributed by atoms with Gasteiger partial charge in [0.2, 0.25) is 0 Å². The van der Waals surface area contributed by atoms with Crippen molar-refractivity contribution in [3.8, 4) is 6.07 Å². The smallest absolute Gasteiger partial charge is 0.129 e. The third-order valence-corrected chi connectivity index (χ3v) is 5.54. The number of hydrogen-bond acceptors (Lipinski definition) is 7. The molecule has 34 heavy (non-hydrogen) atoms. The number of hydrogen-bond donors (Lipinski definition) is 4. The summed E-state index contributed by atoms with van der Waals surface area (Å²) < 4.78 is 14.3. The Morgan fingerprint density at radius 2 is 2.06 bits per heavy atom. The third kappa shape index (κ3) is 4.54. The first-order valence-electron chi connectivity index (χ1n) is 10.1. The standard InChI is InChI=1S/C24H20ClFN8/c25-19-8-17(21(5-6-27)31-12-15-2-1-14(11-28)7-20(15)26)9-23(24(19)29)34(30)18-4-3-16-13-32-33-22(16)10-18/h1-10,13H,12,27,29-30H2,(H,32,33). The summed E-state index contributed by atoms with van der Waals surface area (Å²) in [6, 6.07) is 15.1. The fraction of sp³-hybridized carbons (Fsp3) is 0.0417. The van der Waals surface area contributed by atoms with E-state index in [1.165, 1.54) is 29.4 Å². The van der Waals surface area contributed by atoms with Crippen molar-refractivity contribution in [2.24, 2.45) is 16.6 Å². The fourth-order valence-corrected chi connectivity index (χ4v) is 3.63. The summed E-state index contributed by atoms with van der Waals surface area (Å²) in [7, 11) is 0. The van der Waals surface area contributed by atoms with Crippen LogP contribution in [0.2, 0.25) is 5.02 Å². The molecule has 0 bridgehead atoms. The van der Waals surface area contributed by atoms with Crippen molar-refractivity contribution >= 4 is 45.3 Å². The van der Waals surface area contributed by atoms with Gasteiger partial charge in [-0.1, -0.05) is 17.7 Å². The summed E-state index contributed by atoms with van der Waals surface area (Å²) in [6.07, 6.45) is 4.61. The second kappa shape index (κ2) is 9.62. The second-order valence-corrected chi connectivity index (χ2v) is 7.79. The Bertz CT molecular complexity index is 1470. The SMILES string of the molecule is N#Cc1ccc(CN=C(C=CN)c2cc(Cl)c(N)c(N(N)c3ccc4cn[nH]c4c3)c2)c(F)c1. The molecule has 0 unspecified atom stereocenters. The van der Waals surface area contributed by atoms with Crippen LogP contribution in [-0.4, -0.2) is 15.9 Å². The van der Waals surface area contributed by atoms with E-state index in [4.69, 9.17) is 34.2 Å². The first-order valence-corrected chi connectivity index (χ1v) is 10.5. The number of aromatic amines is 1. The Morgan fingerprint density at radius 3 is 2.79 bits per heavy atom. The molecule has 4 aromatic rings. The van der Waals surface area contributed by atoms with Gasteiger partial charge in [0.25, 0.3) is 0 Å². The Labute approximate surface area is 199 Å². The van der Waals surface area contributed by atoms with E-state index in [0.29, 0.717) is 28.2 Å². The number of benzene rings is 3. The second-order valence-electron chi connectivity index (χ2n) is 7.38. The number of aromatic nitrogens is 2. The van der Waals surface area contributed by atoms with E-state index >= 15 is 0 Å². The van der Waals surface area contributed by atoms with Crippen molar-refractivity contribution in [2.75, 3.05) is 10.7 Å². The molecule has 0 aliphatic heterocycles. The lowest BCUT2D eigenvalue weighted by atomic mass is 10.1. The van der Waals surface area contributed by atoms with Crippen molar-refractivity contribution in [3.05, 3.63) is 94.5 Å². The van der Waals surface area contributed by atoms with Crippen LogP contribution in [0.15, 0.2) is 72.0 Å². The molecule has 1 aromatic heterocycles. The highest BCUT2D eigenvalue weighted by atomic mass is 35.5. The maximum absolute atomic E-state index is 14.3. The summed E-state index contributed by atoms with van der Waals surface area (Å²) in [5, 5.41) is 18.5. The van der Waals surface area contributed by atoms with Gasteiger partial charge in [-0.2, -0.15) is 10.4 Å². The largest absolute Gasteiger partial charge is 0.405 e. The highest BCUT2D eigenvalue weighted by Crippen LogP contribution is 2.35.